The van der Waals surface area contributed by atoms with Crippen LogP contribution < -0.4 is 10.5 Å². The number of aryl methyl sites for hydroxylation is 2. The van der Waals surface area contributed by atoms with Gasteiger partial charge in [0.2, 0.25) is 0 Å². The summed E-state index contributed by atoms with van der Waals surface area (Å²) in [4.78, 5) is 24.3. The highest BCUT2D eigenvalue weighted by atomic mass is 16.6. The summed E-state index contributed by atoms with van der Waals surface area (Å²) >= 11 is 0. The number of rotatable bonds is 4. The average Bonchev–Trinajstić information content (AvgIpc) is 2.91. The Morgan fingerprint density at radius 2 is 1.79 bits per heavy atom. The minimum absolute atomic E-state index is 0.0978. The number of nitrogens with zero attached hydrogens (tertiary/aromatic N) is 6. The van der Waals surface area contributed by atoms with Crippen LogP contribution in [-0.2, 0) is 11.9 Å². The van der Waals surface area contributed by atoms with Gasteiger partial charge in [-0.25, -0.2) is 4.98 Å². The van der Waals surface area contributed by atoms with E-state index in [1.807, 2.05) is 57.0 Å². The van der Waals surface area contributed by atoms with Crippen LogP contribution in [0.1, 0.15) is 75.3 Å². The number of anilines is 1. The molecule has 1 fully saturated rings. The fraction of sp³-hybridized carbons (Fsp3) is 0.433. The molecular formula is C30H36N6O2. The number of hydrogen-bond donors (Lipinski definition) is 0. The Balaban J connectivity index is 0.000000244. The second-order valence-electron chi connectivity index (χ2n) is 10.6. The summed E-state index contributed by atoms with van der Waals surface area (Å²) in [6.07, 6.45) is 7.35. The first-order valence-corrected chi connectivity index (χ1v) is 12.9. The predicted octanol–water partition coefficient (Wildman–Crippen LogP) is 5.59. The van der Waals surface area contributed by atoms with Crippen LogP contribution in [0.25, 0.3) is 11.0 Å². The van der Waals surface area contributed by atoms with Crippen LogP contribution in [0, 0.1) is 29.6 Å². The van der Waals surface area contributed by atoms with Gasteiger partial charge in [-0.05, 0) is 63.8 Å². The molecule has 0 saturated heterocycles. The van der Waals surface area contributed by atoms with Crippen molar-refractivity contribution in [3.05, 3.63) is 69.1 Å². The van der Waals surface area contributed by atoms with Crippen LogP contribution in [0.4, 0.5) is 5.69 Å². The zero-order chi connectivity index (χ0) is 27.9. The van der Waals surface area contributed by atoms with E-state index >= 15 is 0 Å². The lowest BCUT2D eigenvalue weighted by molar-refractivity contribution is 0.00198. The SMILES string of the molecule is CN(c1c(C#N)c(=O)n(C)c2ccc(C#N)nc12)C1CCCCC1.Cc1ccccc1/C=N\OC(C)(C)C. The number of nitriles is 2. The summed E-state index contributed by atoms with van der Waals surface area (Å²) in [6.45, 7) is 7.98. The summed E-state index contributed by atoms with van der Waals surface area (Å²) in [6, 6.07) is 15.8. The molecule has 0 radical (unpaired) electrons. The molecular weight excluding hydrogens is 476 g/mol. The summed E-state index contributed by atoms with van der Waals surface area (Å²) in [5.74, 6) is 0. The van der Waals surface area contributed by atoms with Crippen molar-refractivity contribution in [3.63, 3.8) is 0 Å². The molecule has 3 aromatic rings. The van der Waals surface area contributed by atoms with Crippen LogP contribution in [0.3, 0.4) is 0 Å². The molecule has 198 valence electrons. The Labute approximate surface area is 224 Å². The van der Waals surface area contributed by atoms with Crippen molar-refractivity contribution in [2.45, 2.75) is 71.4 Å². The number of oxime groups is 1. The van der Waals surface area contributed by atoms with Gasteiger partial charge in [-0.2, -0.15) is 10.5 Å². The zero-order valence-corrected chi connectivity index (χ0v) is 23.2. The van der Waals surface area contributed by atoms with Crippen LogP contribution in [0.2, 0.25) is 0 Å². The molecule has 2 aromatic heterocycles. The zero-order valence-electron chi connectivity index (χ0n) is 23.2. The van der Waals surface area contributed by atoms with Gasteiger partial charge < -0.3 is 14.3 Å². The van der Waals surface area contributed by atoms with Crippen LogP contribution >= 0.6 is 0 Å². The second-order valence-corrected chi connectivity index (χ2v) is 10.6. The molecule has 1 aliphatic rings. The molecule has 0 atom stereocenters. The van der Waals surface area contributed by atoms with Crippen molar-refractivity contribution in [3.8, 4) is 12.1 Å². The van der Waals surface area contributed by atoms with Crippen molar-refractivity contribution in [2.24, 2.45) is 12.2 Å². The first-order chi connectivity index (χ1) is 18.1. The predicted molar refractivity (Wildman–Crippen MR) is 151 cm³/mol. The highest BCUT2D eigenvalue weighted by molar-refractivity contribution is 5.92. The molecule has 0 spiro atoms. The molecule has 0 N–H and O–H groups in total. The minimum Gasteiger partial charge on any atom is -0.390 e. The Hall–Kier alpha value is -4.17. The monoisotopic (exact) mass is 512 g/mol. The smallest absolute Gasteiger partial charge is 0.270 e. The maximum absolute atomic E-state index is 12.6. The molecule has 1 aliphatic carbocycles. The fourth-order valence-corrected chi connectivity index (χ4v) is 4.52. The maximum Gasteiger partial charge on any atom is 0.270 e. The molecule has 8 nitrogen and oxygen atoms in total. The average molecular weight is 513 g/mol. The van der Waals surface area contributed by atoms with Crippen LogP contribution in [-0.4, -0.2) is 34.5 Å². The minimum atomic E-state index is -0.325. The Morgan fingerprint density at radius 1 is 1.11 bits per heavy atom. The van der Waals surface area contributed by atoms with Gasteiger partial charge in [0, 0.05) is 20.1 Å². The van der Waals surface area contributed by atoms with Crippen molar-refractivity contribution >= 4 is 22.9 Å². The summed E-state index contributed by atoms with van der Waals surface area (Å²) in [5, 5.41) is 22.7. The number of aromatic nitrogens is 2. The lowest BCUT2D eigenvalue weighted by atomic mass is 9.93. The fourth-order valence-electron chi connectivity index (χ4n) is 4.52. The lowest BCUT2D eigenvalue weighted by Crippen LogP contribution is -2.36. The van der Waals surface area contributed by atoms with Crippen LogP contribution in [0.5, 0.6) is 0 Å². The van der Waals surface area contributed by atoms with Gasteiger partial charge in [0.1, 0.15) is 34.5 Å². The van der Waals surface area contributed by atoms with Gasteiger partial charge in [-0.3, -0.25) is 4.79 Å². The highest BCUT2D eigenvalue weighted by Gasteiger charge is 2.25. The van der Waals surface area contributed by atoms with Gasteiger partial charge >= 0.3 is 0 Å². The summed E-state index contributed by atoms with van der Waals surface area (Å²) in [5.41, 5.74) is 3.86. The number of hydrogen-bond acceptors (Lipinski definition) is 7. The quantitative estimate of drug-likeness (QED) is 0.333. The number of fused-ring (bicyclic) bond motifs is 1. The van der Waals surface area contributed by atoms with E-state index < -0.39 is 0 Å². The Bertz CT molecular complexity index is 1450. The maximum atomic E-state index is 12.6. The van der Waals surface area contributed by atoms with Crippen molar-refractivity contribution < 1.29 is 4.84 Å². The largest absolute Gasteiger partial charge is 0.390 e. The summed E-state index contributed by atoms with van der Waals surface area (Å²) in [7, 11) is 3.55. The van der Waals surface area contributed by atoms with Gasteiger partial charge in [0.25, 0.3) is 5.56 Å². The Kier molecular flexibility index (Phi) is 9.25. The van der Waals surface area contributed by atoms with E-state index in [9.17, 15) is 10.1 Å². The molecule has 0 aliphatic heterocycles. The number of benzene rings is 1. The molecule has 0 bridgehead atoms. The van der Waals surface area contributed by atoms with E-state index in [1.54, 1.807) is 25.4 Å². The van der Waals surface area contributed by atoms with E-state index in [-0.39, 0.29) is 28.5 Å². The summed E-state index contributed by atoms with van der Waals surface area (Å²) < 4.78 is 1.43. The van der Waals surface area contributed by atoms with E-state index in [0.29, 0.717) is 16.7 Å². The van der Waals surface area contributed by atoms with Crippen molar-refractivity contribution in [1.82, 2.24) is 9.55 Å². The first kappa shape index (κ1) is 28.4. The van der Waals surface area contributed by atoms with E-state index in [1.165, 1.54) is 16.6 Å². The standard InChI is InChI=1S/C18H19N5O.C12H17NO/c1-22(13-6-4-3-5-7-13)17-14(11-20)18(24)23(2)15-9-8-12(10-19)21-16(15)17;1-10-7-5-6-8-11(10)9-13-14-12(2,3)4/h8-9,13H,3-7H2,1-2H3;5-9H,1-4H3/b;13-9-. The normalized spacial score (nSPS) is 13.9. The van der Waals surface area contributed by atoms with Gasteiger partial charge in [0.15, 0.2) is 0 Å². The van der Waals surface area contributed by atoms with Crippen molar-refractivity contribution in [2.75, 3.05) is 11.9 Å². The number of pyridine rings is 2. The third-order valence-corrected chi connectivity index (χ3v) is 6.62. The molecule has 2 heterocycles. The topological polar surface area (TPSA) is 107 Å². The first-order valence-electron chi connectivity index (χ1n) is 12.9. The molecule has 8 heteroatoms. The third-order valence-electron chi connectivity index (χ3n) is 6.62. The van der Waals surface area contributed by atoms with Gasteiger partial charge in [-0.1, -0.05) is 48.7 Å². The third kappa shape index (κ3) is 6.77. The molecule has 38 heavy (non-hydrogen) atoms. The van der Waals surface area contributed by atoms with E-state index in [0.717, 1.165) is 31.2 Å². The molecule has 0 amide bonds. The van der Waals surface area contributed by atoms with Gasteiger partial charge in [-0.15, -0.1) is 0 Å². The van der Waals surface area contributed by atoms with Crippen LogP contribution in [0.15, 0.2) is 46.3 Å². The molecule has 1 saturated carbocycles. The molecule has 0 unspecified atom stereocenters. The van der Waals surface area contributed by atoms with E-state index in [2.05, 4.69) is 29.2 Å². The Morgan fingerprint density at radius 3 is 2.39 bits per heavy atom. The lowest BCUT2D eigenvalue weighted by Gasteiger charge is -2.33. The highest BCUT2D eigenvalue weighted by Crippen LogP contribution is 2.32. The second kappa shape index (κ2) is 12.4. The molecule has 4 rings (SSSR count). The molecule has 1 aromatic carbocycles. The van der Waals surface area contributed by atoms with E-state index in [4.69, 9.17) is 10.1 Å². The van der Waals surface area contributed by atoms with Gasteiger partial charge in [0.05, 0.1) is 17.4 Å². The van der Waals surface area contributed by atoms with Crippen molar-refractivity contribution in [1.29, 1.82) is 10.5 Å².